The number of aromatic nitrogens is 2. The summed E-state index contributed by atoms with van der Waals surface area (Å²) in [6.45, 7) is 0.840. The van der Waals surface area contributed by atoms with Gasteiger partial charge in [0, 0.05) is 12.6 Å². The highest BCUT2D eigenvalue weighted by Crippen LogP contribution is 2.25. The Hall–Kier alpha value is -3.02. The lowest BCUT2D eigenvalue weighted by Gasteiger charge is -2.07. The Bertz CT molecular complexity index is 843. The predicted molar refractivity (Wildman–Crippen MR) is 91.5 cm³/mol. The van der Waals surface area contributed by atoms with Crippen LogP contribution in [0.15, 0.2) is 48.5 Å². The molecule has 1 aromatic heterocycles. The maximum absolute atomic E-state index is 12.2. The minimum absolute atomic E-state index is 0.154. The Morgan fingerprint density at radius 2 is 2.00 bits per heavy atom. The number of aryl methyl sites for hydroxylation is 1. The molecule has 0 aliphatic carbocycles. The fourth-order valence-corrected chi connectivity index (χ4v) is 2.51. The number of para-hydroxylation sites is 1. The molecule has 124 valence electrons. The van der Waals surface area contributed by atoms with Crippen molar-refractivity contribution in [3.8, 4) is 11.6 Å². The predicted octanol–water partition coefficient (Wildman–Crippen LogP) is 2.39. The standard InChI is InChI=1S/C18H19N3O3/c1-21-18(23-2)15-9-8-13(12-16(15)20-21)17(22)19-10-11-24-14-6-4-3-5-7-14/h3-9,12H,10-11H2,1-2H3,(H,19,22). The summed E-state index contributed by atoms with van der Waals surface area (Å²) in [4.78, 5) is 12.2. The van der Waals surface area contributed by atoms with Crippen molar-refractivity contribution >= 4 is 16.8 Å². The number of hydrogen-bond acceptors (Lipinski definition) is 4. The van der Waals surface area contributed by atoms with E-state index in [9.17, 15) is 4.79 Å². The molecule has 3 aromatic rings. The molecule has 1 amide bonds. The average molecular weight is 325 g/mol. The van der Waals surface area contributed by atoms with E-state index in [0.717, 1.165) is 16.7 Å². The summed E-state index contributed by atoms with van der Waals surface area (Å²) in [5.74, 6) is 1.31. The Balaban J connectivity index is 1.60. The minimum Gasteiger partial charge on any atom is -0.492 e. The zero-order chi connectivity index (χ0) is 16.9. The number of fused-ring (bicyclic) bond motifs is 1. The van der Waals surface area contributed by atoms with Gasteiger partial charge in [-0.1, -0.05) is 18.2 Å². The number of nitrogens with one attached hydrogen (secondary N) is 1. The third kappa shape index (κ3) is 3.32. The zero-order valence-corrected chi connectivity index (χ0v) is 13.7. The van der Waals surface area contributed by atoms with Gasteiger partial charge < -0.3 is 14.8 Å². The summed E-state index contributed by atoms with van der Waals surface area (Å²) in [6, 6.07) is 14.9. The van der Waals surface area contributed by atoms with Crippen LogP contribution in [0.1, 0.15) is 10.4 Å². The van der Waals surface area contributed by atoms with Gasteiger partial charge in [-0.25, -0.2) is 4.68 Å². The van der Waals surface area contributed by atoms with Crippen LogP contribution in [0.2, 0.25) is 0 Å². The van der Waals surface area contributed by atoms with Crippen molar-refractivity contribution in [3.05, 3.63) is 54.1 Å². The van der Waals surface area contributed by atoms with Gasteiger partial charge in [0.15, 0.2) is 0 Å². The van der Waals surface area contributed by atoms with E-state index in [1.54, 1.807) is 31.0 Å². The fourth-order valence-electron chi connectivity index (χ4n) is 2.51. The number of amides is 1. The second kappa shape index (κ2) is 7.04. The van der Waals surface area contributed by atoms with Crippen LogP contribution in [-0.4, -0.2) is 35.9 Å². The van der Waals surface area contributed by atoms with Crippen LogP contribution in [0.25, 0.3) is 10.9 Å². The van der Waals surface area contributed by atoms with Gasteiger partial charge in [0.25, 0.3) is 5.91 Å². The van der Waals surface area contributed by atoms with Crippen molar-refractivity contribution in [1.82, 2.24) is 15.1 Å². The first-order chi connectivity index (χ1) is 11.7. The minimum atomic E-state index is -0.154. The van der Waals surface area contributed by atoms with Crippen molar-refractivity contribution in [2.75, 3.05) is 20.3 Å². The molecule has 24 heavy (non-hydrogen) atoms. The van der Waals surface area contributed by atoms with Gasteiger partial charge in [-0.3, -0.25) is 4.79 Å². The summed E-state index contributed by atoms with van der Waals surface area (Å²) < 4.78 is 12.5. The molecule has 2 aromatic carbocycles. The molecule has 0 atom stereocenters. The van der Waals surface area contributed by atoms with E-state index in [4.69, 9.17) is 9.47 Å². The Kier molecular flexibility index (Phi) is 4.65. The van der Waals surface area contributed by atoms with Gasteiger partial charge in [0.2, 0.25) is 5.88 Å². The largest absolute Gasteiger partial charge is 0.492 e. The van der Waals surface area contributed by atoms with E-state index in [1.807, 2.05) is 36.4 Å². The zero-order valence-electron chi connectivity index (χ0n) is 13.7. The highest BCUT2D eigenvalue weighted by atomic mass is 16.5. The first-order valence-electron chi connectivity index (χ1n) is 7.66. The van der Waals surface area contributed by atoms with Crippen LogP contribution >= 0.6 is 0 Å². The number of hydrogen-bond donors (Lipinski definition) is 1. The molecule has 0 aliphatic heterocycles. The molecule has 1 N–H and O–H groups in total. The number of nitrogens with zero attached hydrogens (tertiary/aromatic N) is 2. The summed E-state index contributed by atoms with van der Waals surface area (Å²) in [5, 5.41) is 8.07. The van der Waals surface area contributed by atoms with Gasteiger partial charge in [-0.15, -0.1) is 0 Å². The lowest BCUT2D eigenvalue weighted by Crippen LogP contribution is -2.28. The molecule has 0 spiro atoms. The van der Waals surface area contributed by atoms with Gasteiger partial charge in [-0.2, -0.15) is 5.10 Å². The lowest BCUT2D eigenvalue weighted by atomic mass is 10.1. The molecular weight excluding hydrogens is 306 g/mol. The monoisotopic (exact) mass is 325 g/mol. The van der Waals surface area contributed by atoms with E-state index in [0.29, 0.717) is 24.6 Å². The summed E-state index contributed by atoms with van der Waals surface area (Å²) in [6.07, 6.45) is 0. The third-order valence-corrected chi connectivity index (χ3v) is 3.63. The second-order valence-corrected chi connectivity index (χ2v) is 5.28. The van der Waals surface area contributed by atoms with Crippen LogP contribution in [0.3, 0.4) is 0 Å². The normalized spacial score (nSPS) is 10.6. The molecular formula is C18H19N3O3. The van der Waals surface area contributed by atoms with Gasteiger partial charge in [0.05, 0.1) is 24.6 Å². The molecule has 0 bridgehead atoms. The first-order valence-corrected chi connectivity index (χ1v) is 7.66. The summed E-state index contributed by atoms with van der Waals surface area (Å²) in [7, 11) is 3.41. The Morgan fingerprint density at radius 3 is 2.75 bits per heavy atom. The molecule has 0 saturated heterocycles. The Morgan fingerprint density at radius 1 is 1.21 bits per heavy atom. The van der Waals surface area contributed by atoms with Crippen LogP contribution < -0.4 is 14.8 Å². The molecule has 0 aliphatic rings. The summed E-state index contributed by atoms with van der Waals surface area (Å²) in [5.41, 5.74) is 1.28. The topological polar surface area (TPSA) is 65.4 Å². The number of carbonyl (C=O) groups is 1. The number of ether oxygens (including phenoxy) is 2. The highest BCUT2D eigenvalue weighted by Gasteiger charge is 2.12. The van der Waals surface area contributed by atoms with Gasteiger partial charge >= 0.3 is 0 Å². The fraction of sp³-hybridized carbons (Fsp3) is 0.222. The average Bonchev–Trinajstić information content (AvgIpc) is 2.93. The van der Waals surface area contributed by atoms with E-state index < -0.39 is 0 Å². The first kappa shape index (κ1) is 15.9. The molecule has 0 unspecified atom stereocenters. The maximum Gasteiger partial charge on any atom is 0.251 e. The smallest absolute Gasteiger partial charge is 0.251 e. The van der Waals surface area contributed by atoms with Crippen molar-refractivity contribution in [1.29, 1.82) is 0 Å². The van der Waals surface area contributed by atoms with Crippen molar-refractivity contribution in [2.24, 2.45) is 7.05 Å². The number of carbonyl (C=O) groups excluding carboxylic acids is 1. The van der Waals surface area contributed by atoms with E-state index in [-0.39, 0.29) is 5.91 Å². The molecule has 3 rings (SSSR count). The SMILES string of the molecule is COc1c2ccc(C(=O)NCCOc3ccccc3)cc2nn1C. The molecule has 0 saturated carbocycles. The van der Waals surface area contributed by atoms with Crippen LogP contribution in [0.4, 0.5) is 0 Å². The van der Waals surface area contributed by atoms with E-state index in [2.05, 4.69) is 10.4 Å². The second-order valence-electron chi connectivity index (χ2n) is 5.28. The highest BCUT2D eigenvalue weighted by molar-refractivity contribution is 5.98. The van der Waals surface area contributed by atoms with Crippen LogP contribution in [-0.2, 0) is 7.05 Å². The molecule has 6 heteroatoms. The number of benzene rings is 2. The third-order valence-electron chi connectivity index (χ3n) is 3.63. The van der Waals surface area contributed by atoms with E-state index >= 15 is 0 Å². The molecule has 6 nitrogen and oxygen atoms in total. The maximum atomic E-state index is 12.2. The van der Waals surface area contributed by atoms with Crippen molar-refractivity contribution in [2.45, 2.75) is 0 Å². The molecule has 0 radical (unpaired) electrons. The van der Waals surface area contributed by atoms with E-state index in [1.165, 1.54) is 0 Å². The lowest BCUT2D eigenvalue weighted by molar-refractivity contribution is 0.0947. The van der Waals surface area contributed by atoms with Crippen molar-refractivity contribution in [3.63, 3.8) is 0 Å². The summed E-state index contributed by atoms with van der Waals surface area (Å²) >= 11 is 0. The van der Waals surface area contributed by atoms with Gasteiger partial charge in [0.1, 0.15) is 12.4 Å². The Labute approximate surface area is 140 Å². The molecule has 0 fully saturated rings. The van der Waals surface area contributed by atoms with Crippen LogP contribution in [0, 0.1) is 0 Å². The van der Waals surface area contributed by atoms with Crippen molar-refractivity contribution < 1.29 is 14.3 Å². The molecule has 1 heterocycles. The van der Waals surface area contributed by atoms with Gasteiger partial charge in [-0.05, 0) is 30.3 Å². The number of rotatable bonds is 6. The number of methoxy groups -OCH3 is 1. The van der Waals surface area contributed by atoms with Crippen LogP contribution in [0.5, 0.6) is 11.6 Å². The quantitative estimate of drug-likeness (QED) is 0.707.